The van der Waals surface area contributed by atoms with E-state index >= 15 is 0 Å². The van der Waals surface area contributed by atoms with Gasteiger partial charge in [-0.1, -0.05) is 30.3 Å². The Morgan fingerprint density at radius 1 is 1.32 bits per heavy atom. The first kappa shape index (κ1) is 12.5. The fourth-order valence-electron chi connectivity index (χ4n) is 2.64. The lowest BCUT2D eigenvalue weighted by Gasteiger charge is -2.15. The summed E-state index contributed by atoms with van der Waals surface area (Å²) in [6, 6.07) is 10.9. The first-order valence-corrected chi connectivity index (χ1v) is 7.06. The molecule has 0 saturated carbocycles. The van der Waals surface area contributed by atoms with Gasteiger partial charge in [-0.2, -0.15) is 0 Å². The predicted octanol–water partition coefficient (Wildman–Crippen LogP) is 1.84. The van der Waals surface area contributed by atoms with Gasteiger partial charge in [0.05, 0.1) is 18.8 Å². The van der Waals surface area contributed by atoms with Crippen LogP contribution in [0.1, 0.15) is 31.4 Å². The molecule has 0 aliphatic carbocycles. The van der Waals surface area contributed by atoms with Gasteiger partial charge in [-0.3, -0.25) is 4.99 Å². The maximum absolute atomic E-state index is 6.09. The Morgan fingerprint density at radius 3 is 2.89 bits per heavy atom. The lowest BCUT2D eigenvalue weighted by atomic mass is 10.1. The van der Waals surface area contributed by atoms with Gasteiger partial charge in [0.25, 0.3) is 0 Å². The van der Waals surface area contributed by atoms with E-state index in [4.69, 9.17) is 4.74 Å². The summed E-state index contributed by atoms with van der Waals surface area (Å²) in [7, 11) is 0. The molecule has 0 bridgehead atoms. The van der Waals surface area contributed by atoms with Crippen LogP contribution in [-0.4, -0.2) is 31.2 Å². The minimum Gasteiger partial charge on any atom is -0.368 e. The molecule has 3 rings (SSSR count). The van der Waals surface area contributed by atoms with Gasteiger partial charge in [-0.15, -0.1) is 0 Å². The molecule has 4 heteroatoms. The molecule has 2 aliphatic rings. The molecule has 4 nitrogen and oxygen atoms in total. The highest BCUT2D eigenvalue weighted by Crippen LogP contribution is 2.32. The number of nitrogens with zero attached hydrogens (tertiary/aromatic N) is 1. The molecule has 0 radical (unpaired) electrons. The highest BCUT2D eigenvalue weighted by atomic mass is 16.5. The van der Waals surface area contributed by atoms with E-state index in [1.807, 2.05) is 6.07 Å². The van der Waals surface area contributed by atoms with Gasteiger partial charge in [0.2, 0.25) is 0 Å². The Labute approximate surface area is 114 Å². The highest BCUT2D eigenvalue weighted by Gasteiger charge is 2.26. The van der Waals surface area contributed by atoms with E-state index in [1.165, 1.54) is 5.56 Å². The second-order valence-corrected chi connectivity index (χ2v) is 5.35. The molecule has 1 fully saturated rings. The molecule has 2 N–H and O–H groups in total. The van der Waals surface area contributed by atoms with Crippen molar-refractivity contribution in [2.45, 2.75) is 38.0 Å². The van der Waals surface area contributed by atoms with E-state index in [0.29, 0.717) is 6.04 Å². The van der Waals surface area contributed by atoms with Crippen LogP contribution in [0.4, 0.5) is 0 Å². The highest BCUT2D eigenvalue weighted by molar-refractivity contribution is 5.81. The molecule has 0 spiro atoms. The van der Waals surface area contributed by atoms with Crippen LogP contribution in [-0.2, 0) is 4.74 Å². The third-order valence-corrected chi connectivity index (χ3v) is 3.68. The van der Waals surface area contributed by atoms with E-state index in [0.717, 1.165) is 31.9 Å². The van der Waals surface area contributed by atoms with Gasteiger partial charge in [0.15, 0.2) is 5.96 Å². The number of aliphatic imine (C=N–C) groups is 1. The van der Waals surface area contributed by atoms with Gasteiger partial charge < -0.3 is 15.4 Å². The van der Waals surface area contributed by atoms with Crippen LogP contribution in [0, 0.1) is 0 Å². The van der Waals surface area contributed by atoms with Crippen molar-refractivity contribution in [2.24, 2.45) is 4.99 Å². The standard InChI is InChI=1S/C15H21N3O/c1-11-9-16-15(18-11)17-10-13-7-8-14(19-13)12-5-3-2-4-6-12/h2-6,11,13-14H,7-10H2,1H3,(H2,16,17,18)/t11?,13-,14-/m1/s1. The van der Waals surface area contributed by atoms with E-state index < -0.39 is 0 Å². The van der Waals surface area contributed by atoms with Crippen molar-refractivity contribution in [3.63, 3.8) is 0 Å². The van der Waals surface area contributed by atoms with E-state index in [-0.39, 0.29) is 12.2 Å². The predicted molar refractivity (Wildman–Crippen MR) is 76.2 cm³/mol. The zero-order valence-corrected chi connectivity index (χ0v) is 11.3. The number of guanidine groups is 1. The normalized spacial score (nSPS) is 29.9. The van der Waals surface area contributed by atoms with Gasteiger partial charge in [-0.05, 0) is 25.3 Å². The van der Waals surface area contributed by atoms with Crippen LogP contribution in [0.25, 0.3) is 0 Å². The number of hydrogen-bond donors (Lipinski definition) is 2. The van der Waals surface area contributed by atoms with Crippen LogP contribution < -0.4 is 10.6 Å². The molecule has 1 aromatic rings. The summed E-state index contributed by atoms with van der Waals surface area (Å²) in [6.07, 6.45) is 2.75. The van der Waals surface area contributed by atoms with Gasteiger partial charge in [-0.25, -0.2) is 0 Å². The second kappa shape index (κ2) is 5.61. The van der Waals surface area contributed by atoms with Crippen molar-refractivity contribution < 1.29 is 4.74 Å². The van der Waals surface area contributed by atoms with Crippen molar-refractivity contribution >= 4 is 5.96 Å². The third kappa shape index (κ3) is 3.07. The monoisotopic (exact) mass is 259 g/mol. The Kier molecular flexibility index (Phi) is 3.69. The van der Waals surface area contributed by atoms with Gasteiger partial charge >= 0.3 is 0 Å². The lowest BCUT2D eigenvalue weighted by Crippen LogP contribution is -2.40. The van der Waals surface area contributed by atoms with Crippen LogP contribution in [0.3, 0.4) is 0 Å². The SMILES string of the molecule is CC1CN=C(NC[C@H]2CC[C@H](c3ccccc3)O2)N1. The Bertz CT molecular complexity index is 446. The maximum atomic E-state index is 6.09. The maximum Gasteiger partial charge on any atom is 0.191 e. The first-order chi connectivity index (χ1) is 9.31. The summed E-state index contributed by atoms with van der Waals surface area (Å²) in [5, 5.41) is 6.64. The molecule has 102 valence electrons. The Balaban J connectivity index is 1.47. The summed E-state index contributed by atoms with van der Waals surface area (Å²) in [5.74, 6) is 0.916. The van der Waals surface area contributed by atoms with Crippen molar-refractivity contribution in [3.05, 3.63) is 35.9 Å². The zero-order chi connectivity index (χ0) is 13.1. The molecule has 1 unspecified atom stereocenters. The van der Waals surface area contributed by atoms with Crippen molar-refractivity contribution in [1.29, 1.82) is 0 Å². The summed E-state index contributed by atoms with van der Waals surface area (Å²) in [6.45, 7) is 3.83. The van der Waals surface area contributed by atoms with Crippen molar-refractivity contribution in [1.82, 2.24) is 10.6 Å². The summed E-state index contributed by atoms with van der Waals surface area (Å²) >= 11 is 0. The number of hydrogen-bond acceptors (Lipinski definition) is 4. The molecular formula is C15H21N3O. The molecule has 0 aromatic heterocycles. The summed E-state index contributed by atoms with van der Waals surface area (Å²) < 4.78 is 6.09. The zero-order valence-electron chi connectivity index (χ0n) is 11.3. The molecule has 2 aliphatic heterocycles. The third-order valence-electron chi connectivity index (χ3n) is 3.68. The largest absolute Gasteiger partial charge is 0.368 e. The molecular weight excluding hydrogens is 238 g/mol. The van der Waals surface area contributed by atoms with Crippen LogP contribution >= 0.6 is 0 Å². The van der Waals surface area contributed by atoms with Crippen molar-refractivity contribution in [3.8, 4) is 0 Å². The van der Waals surface area contributed by atoms with Crippen LogP contribution in [0.5, 0.6) is 0 Å². The Hall–Kier alpha value is -1.55. The van der Waals surface area contributed by atoms with Gasteiger partial charge in [0.1, 0.15) is 0 Å². The topological polar surface area (TPSA) is 45.7 Å². The molecule has 2 heterocycles. The molecule has 1 aromatic carbocycles. The van der Waals surface area contributed by atoms with Crippen LogP contribution in [0.15, 0.2) is 35.3 Å². The quantitative estimate of drug-likeness (QED) is 0.870. The van der Waals surface area contributed by atoms with Gasteiger partial charge in [0, 0.05) is 12.6 Å². The minimum absolute atomic E-state index is 0.255. The average molecular weight is 259 g/mol. The summed E-state index contributed by atoms with van der Waals surface area (Å²) in [4.78, 5) is 4.39. The fraction of sp³-hybridized carbons (Fsp3) is 0.533. The Morgan fingerprint density at radius 2 is 2.16 bits per heavy atom. The van der Waals surface area contributed by atoms with Crippen LogP contribution in [0.2, 0.25) is 0 Å². The number of benzene rings is 1. The number of nitrogens with one attached hydrogen (secondary N) is 2. The van der Waals surface area contributed by atoms with E-state index in [9.17, 15) is 0 Å². The molecule has 3 atom stereocenters. The van der Waals surface area contributed by atoms with E-state index in [1.54, 1.807) is 0 Å². The average Bonchev–Trinajstić information content (AvgIpc) is 3.06. The summed E-state index contributed by atoms with van der Waals surface area (Å²) in [5.41, 5.74) is 1.29. The number of ether oxygens (including phenoxy) is 1. The fourth-order valence-corrected chi connectivity index (χ4v) is 2.64. The smallest absolute Gasteiger partial charge is 0.191 e. The molecule has 0 amide bonds. The second-order valence-electron chi connectivity index (χ2n) is 5.35. The first-order valence-electron chi connectivity index (χ1n) is 7.06. The minimum atomic E-state index is 0.255. The van der Waals surface area contributed by atoms with Crippen molar-refractivity contribution in [2.75, 3.05) is 13.1 Å². The molecule has 1 saturated heterocycles. The number of rotatable bonds is 3. The van der Waals surface area contributed by atoms with E-state index in [2.05, 4.69) is 46.8 Å². The lowest BCUT2D eigenvalue weighted by molar-refractivity contribution is 0.0473. The molecule has 19 heavy (non-hydrogen) atoms.